The molecule has 2 heterocycles. The fourth-order valence-corrected chi connectivity index (χ4v) is 3.24. The predicted molar refractivity (Wildman–Crippen MR) is 71.4 cm³/mol. The van der Waals surface area contributed by atoms with Gasteiger partial charge in [-0.05, 0) is 31.2 Å². The Labute approximate surface area is 110 Å². The maximum Gasteiger partial charge on any atom is 0.234 e. The molecule has 3 rings (SSSR count). The molecule has 0 aromatic carbocycles. The van der Waals surface area contributed by atoms with E-state index in [1.165, 1.54) is 12.8 Å². The maximum absolute atomic E-state index is 6.25. The molecule has 2 aromatic rings. The lowest BCUT2D eigenvalue weighted by Gasteiger charge is -2.35. The van der Waals surface area contributed by atoms with E-state index in [0.717, 1.165) is 17.7 Å². The molecular formula is C13H17N3OS. The largest absolute Gasteiger partial charge is 0.338 e. The van der Waals surface area contributed by atoms with E-state index in [9.17, 15) is 0 Å². The van der Waals surface area contributed by atoms with Gasteiger partial charge >= 0.3 is 0 Å². The van der Waals surface area contributed by atoms with Crippen LogP contribution in [0.3, 0.4) is 0 Å². The van der Waals surface area contributed by atoms with Crippen molar-refractivity contribution in [3.8, 4) is 10.7 Å². The molecule has 4 nitrogen and oxygen atoms in total. The lowest BCUT2D eigenvalue weighted by Crippen LogP contribution is -2.45. The van der Waals surface area contributed by atoms with E-state index >= 15 is 0 Å². The summed E-state index contributed by atoms with van der Waals surface area (Å²) in [7, 11) is 0. The number of nitrogens with zero attached hydrogens (tertiary/aromatic N) is 2. The molecule has 0 saturated heterocycles. The van der Waals surface area contributed by atoms with Gasteiger partial charge in [0.15, 0.2) is 0 Å². The topological polar surface area (TPSA) is 64.9 Å². The first-order valence-electron chi connectivity index (χ1n) is 6.34. The van der Waals surface area contributed by atoms with Gasteiger partial charge in [-0.1, -0.05) is 24.1 Å². The maximum atomic E-state index is 6.25. The van der Waals surface area contributed by atoms with E-state index in [2.05, 4.69) is 17.1 Å². The van der Waals surface area contributed by atoms with Crippen molar-refractivity contribution in [2.75, 3.05) is 0 Å². The smallest absolute Gasteiger partial charge is 0.234 e. The van der Waals surface area contributed by atoms with Gasteiger partial charge in [0.05, 0.1) is 10.3 Å². The van der Waals surface area contributed by atoms with Crippen LogP contribution in [0.25, 0.3) is 10.7 Å². The third-order valence-corrected chi connectivity index (χ3v) is 4.80. The number of nitrogens with two attached hydrogens (primary N) is 1. The number of hydrogen-bond acceptors (Lipinski definition) is 5. The summed E-state index contributed by atoms with van der Waals surface area (Å²) < 4.78 is 5.47. The van der Waals surface area contributed by atoms with Crippen molar-refractivity contribution in [1.82, 2.24) is 10.1 Å². The first-order chi connectivity index (χ1) is 8.70. The lowest BCUT2D eigenvalue weighted by molar-refractivity contribution is 0.203. The Balaban J connectivity index is 1.93. The molecule has 96 valence electrons. The Morgan fingerprint density at radius 3 is 3.11 bits per heavy atom. The lowest BCUT2D eigenvalue weighted by atomic mass is 9.72. The van der Waals surface area contributed by atoms with Gasteiger partial charge in [0.2, 0.25) is 11.7 Å². The molecule has 0 radical (unpaired) electrons. The Kier molecular flexibility index (Phi) is 2.95. The summed E-state index contributed by atoms with van der Waals surface area (Å²) >= 11 is 1.62. The molecule has 5 heteroatoms. The molecule has 2 aromatic heterocycles. The quantitative estimate of drug-likeness (QED) is 0.904. The van der Waals surface area contributed by atoms with Gasteiger partial charge in [0.1, 0.15) is 0 Å². The van der Waals surface area contributed by atoms with Crippen LogP contribution in [0.5, 0.6) is 0 Å². The molecule has 1 saturated carbocycles. The van der Waals surface area contributed by atoms with Crippen molar-refractivity contribution in [3.63, 3.8) is 0 Å². The van der Waals surface area contributed by atoms with Gasteiger partial charge in [-0.2, -0.15) is 4.98 Å². The van der Waals surface area contributed by atoms with Crippen molar-refractivity contribution < 1.29 is 4.52 Å². The second-order valence-electron chi connectivity index (χ2n) is 5.17. The third kappa shape index (κ3) is 1.87. The molecule has 2 unspecified atom stereocenters. The fraction of sp³-hybridized carbons (Fsp3) is 0.538. The molecule has 2 atom stereocenters. The van der Waals surface area contributed by atoms with Crippen molar-refractivity contribution in [2.45, 2.75) is 44.1 Å². The van der Waals surface area contributed by atoms with E-state index in [-0.39, 0.29) is 11.5 Å². The summed E-state index contributed by atoms with van der Waals surface area (Å²) in [4.78, 5) is 5.59. The predicted octanol–water partition coefficient (Wildman–Crippen LogP) is 2.96. The standard InChI is InChI=1S/C13H17N3OS/c1-13(7-3-2-6-10(13)14)12-15-11(16-17-12)9-5-4-8-18-9/h4-5,8,10H,2-3,6-7,14H2,1H3. The molecule has 1 aliphatic carbocycles. The van der Waals surface area contributed by atoms with Crippen molar-refractivity contribution in [1.29, 1.82) is 0 Å². The van der Waals surface area contributed by atoms with E-state index in [1.807, 2.05) is 17.5 Å². The average Bonchev–Trinajstić information content (AvgIpc) is 3.01. The summed E-state index contributed by atoms with van der Waals surface area (Å²) in [6.45, 7) is 2.14. The van der Waals surface area contributed by atoms with Gasteiger partial charge < -0.3 is 10.3 Å². The zero-order valence-corrected chi connectivity index (χ0v) is 11.2. The normalized spacial score (nSPS) is 28.4. The highest BCUT2D eigenvalue weighted by Crippen LogP contribution is 2.38. The zero-order valence-electron chi connectivity index (χ0n) is 10.4. The van der Waals surface area contributed by atoms with Crippen LogP contribution in [-0.2, 0) is 5.41 Å². The molecule has 1 fully saturated rings. The first-order valence-corrected chi connectivity index (χ1v) is 7.22. The van der Waals surface area contributed by atoms with Crippen LogP contribution in [0.15, 0.2) is 22.0 Å². The van der Waals surface area contributed by atoms with Crippen molar-refractivity contribution in [2.24, 2.45) is 5.73 Å². The van der Waals surface area contributed by atoms with Crippen molar-refractivity contribution in [3.05, 3.63) is 23.4 Å². The molecule has 0 amide bonds. The Morgan fingerprint density at radius 2 is 2.39 bits per heavy atom. The second-order valence-corrected chi connectivity index (χ2v) is 6.12. The van der Waals surface area contributed by atoms with E-state index in [4.69, 9.17) is 10.3 Å². The zero-order chi connectivity index (χ0) is 12.6. The van der Waals surface area contributed by atoms with Crippen LogP contribution in [-0.4, -0.2) is 16.2 Å². The molecule has 0 spiro atoms. The monoisotopic (exact) mass is 263 g/mol. The summed E-state index contributed by atoms with van der Waals surface area (Å²) in [5.41, 5.74) is 6.08. The number of thiophene rings is 1. The van der Waals surface area contributed by atoms with Crippen LogP contribution < -0.4 is 5.73 Å². The summed E-state index contributed by atoms with van der Waals surface area (Å²) in [6, 6.07) is 4.11. The third-order valence-electron chi connectivity index (χ3n) is 3.94. The Morgan fingerprint density at radius 1 is 1.50 bits per heavy atom. The number of rotatable bonds is 2. The molecule has 18 heavy (non-hydrogen) atoms. The summed E-state index contributed by atoms with van der Waals surface area (Å²) in [5, 5.41) is 6.10. The van der Waals surface area contributed by atoms with E-state index in [1.54, 1.807) is 11.3 Å². The molecular weight excluding hydrogens is 246 g/mol. The van der Waals surface area contributed by atoms with Crippen LogP contribution in [0, 0.1) is 0 Å². The van der Waals surface area contributed by atoms with Gasteiger partial charge in [-0.15, -0.1) is 11.3 Å². The van der Waals surface area contributed by atoms with E-state index in [0.29, 0.717) is 11.7 Å². The SMILES string of the molecule is CC1(c2nc(-c3cccs3)no2)CCCCC1N. The summed E-state index contributed by atoms with van der Waals surface area (Å²) in [5.74, 6) is 1.37. The highest BCUT2D eigenvalue weighted by molar-refractivity contribution is 7.13. The minimum absolute atomic E-state index is 0.114. The molecule has 2 N–H and O–H groups in total. The minimum Gasteiger partial charge on any atom is -0.338 e. The fourth-order valence-electron chi connectivity index (χ4n) is 2.59. The van der Waals surface area contributed by atoms with Gasteiger partial charge in [0.25, 0.3) is 0 Å². The Bertz CT molecular complexity index is 522. The summed E-state index contributed by atoms with van der Waals surface area (Å²) in [6.07, 6.45) is 4.44. The molecule has 1 aliphatic rings. The molecule has 0 bridgehead atoms. The van der Waals surface area contributed by atoms with Gasteiger partial charge in [-0.25, -0.2) is 0 Å². The van der Waals surface area contributed by atoms with Crippen LogP contribution in [0.1, 0.15) is 38.5 Å². The number of hydrogen-bond donors (Lipinski definition) is 1. The van der Waals surface area contributed by atoms with Crippen LogP contribution >= 0.6 is 11.3 Å². The highest BCUT2D eigenvalue weighted by Gasteiger charge is 2.40. The Hall–Kier alpha value is -1.20. The minimum atomic E-state index is -0.166. The molecule has 0 aliphatic heterocycles. The van der Waals surface area contributed by atoms with E-state index < -0.39 is 0 Å². The van der Waals surface area contributed by atoms with Crippen LogP contribution in [0.2, 0.25) is 0 Å². The van der Waals surface area contributed by atoms with Gasteiger partial charge in [-0.3, -0.25) is 0 Å². The number of aromatic nitrogens is 2. The average molecular weight is 263 g/mol. The van der Waals surface area contributed by atoms with Crippen molar-refractivity contribution >= 4 is 11.3 Å². The van der Waals surface area contributed by atoms with Crippen LogP contribution in [0.4, 0.5) is 0 Å². The van der Waals surface area contributed by atoms with Gasteiger partial charge in [0, 0.05) is 6.04 Å². The second kappa shape index (κ2) is 4.48. The first kappa shape index (κ1) is 11.9. The highest BCUT2D eigenvalue weighted by atomic mass is 32.1.